The minimum absolute atomic E-state index is 0.0521. The Morgan fingerprint density at radius 1 is 0.608 bits per heavy atom. The van der Waals surface area contributed by atoms with Gasteiger partial charge in [-0.25, -0.2) is 4.99 Å². The fraction of sp³-hybridized carbons (Fsp3) is 0.170. The Bertz CT molecular complexity index is 2600. The molecule has 1 atom stereocenters. The normalized spacial score (nSPS) is 17.5. The summed E-state index contributed by atoms with van der Waals surface area (Å²) in [5.41, 5.74) is 14.4. The highest BCUT2D eigenvalue weighted by atomic mass is 16.3. The van der Waals surface area contributed by atoms with Gasteiger partial charge in [0, 0.05) is 28.2 Å². The van der Waals surface area contributed by atoms with E-state index in [1.165, 1.54) is 58.2 Å². The van der Waals surface area contributed by atoms with E-state index in [0.29, 0.717) is 6.42 Å². The summed E-state index contributed by atoms with van der Waals surface area (Å²) in [6, 6.07) is 49.5. The van der Waals surface area contributed by atoms with Crippen LogP contribution in [0.15, 0.2) is 148 Å². The van der Waals surface area contributed by atoms with E-state index in [9.17, 15) is 5.26 Å². The fourth-order valence-corrected chi connectivity index (χ4v) is 8.92. The van der Waals surface area contributed by atoms with Gasteiger partial charge in [-0.05, 0) is 87.7 Å². The Labute approximate surface area is 297 Å². The van der Waals surface area contributed by atoms with Crippen LogP contribution in [0.3, 0.4) is 0 Å². The smallest absolute Gasteiger partial charge is 0.155 e. The van der Waals surface area contributed by atoms with Crippen molar-refractivity contribution in [3.8, 4) is 28.3 Å². The van der Waals surface area contributed by atoms with E-state index < -0.39 is 0 Å². The second kappa shape index (κ2) is 11.8. The third-order valence-electron chi connectivity index (χ3n) is 11.5. The van der Waals surface area contributed by atoms with Gasteiger partial charge in [-0.2, -0.15) is 5.26 Å². The maximum atomic E-state index is 9.81. The molecule has 1 spiro atoms. The second-order valence-corrected chi connectivity index (χ2v) is 14.3. The topological polar surface area (TPSA) is 61.6 Å². The van der Waals surface area contributed by atoms with Crippen LogP contribution < -0.4 is 0 Å². The summed E-state index contributed by atoms with van der Waals surface area (Å²) in [6.45, 7) is 0. The quantitative estimate of drug-likeness (QED) is 0.189. The number of fused-ring (bicyclic) bond motifs is 8. The summed E-state index contributed by atoms with van der Waals surface area (Å²) in [7, 11) is 0. The maximum absolute atomic E-state index is 9.81. The number of aliphatic imine (C=N–C) groups is 2. The van der Waals surface area contributed by atoms with Gasteiger partial charge in [0.25, 0.3) is 0 Å². The number of para-hydroxylation sites is 1. The number of nitriles is 1. The molecule has 2 heterocycles. The predicted octanol–water partition coefficient (Wildman–Crippen LogP) is 11.7. The van der Waals surface area contributed by atoms with Crippen LogP contribution in [0.2, 0.25) is 0 Å². The Morgan fingerprint density at radius 2 is 1.29 bits per heavy atom. The molecule has 1 aromatic heterocycles. The minimum atomic E-state index is -0.100. The molecule has 2 aliphatic carbocycles. The monoisotopic (exact) mass is 657 g/mol. The van der Waals surface area contributed by atoms with Gasteiger partial charge in [0.2, 0.25) is 0 Å². The number of hydrogen-bond donors (Lipinski definition) is 0. The van der Waals surface area contributed by atoms with Gasteiger partial charge in [0.05, 0.1) is 23.4 Å². The highest BCUT2D eigenvalue weighted by Crippen LogP contribution is 2.56. The molecule has 1 aliphatic heterocycles. The van der Waals surface area contributed by atoms with E-state index in [0.717, 1.165) is 63.0 Å². The summed E-state index contributed by atoms with van der Waals surface area (Å²) in [5.74, 6) is 0.750. The Balaban J connectivity index is 1.09. The Morgan fingerprint density at radius 3 is 2.12 bits per heavy atom. The van der Waals surface area contributed by atoms with E-state index >= 15 is 0 Å². The average Bonchev–Trinajstić information content (AvgIpc) is 3.70. The van der Waals surface area contributed by atoms with Crippen molar-refractivity contribution in [2.24, 2.45) is 9.98 Å². The molecule has 1 fully saturated rings. The first-order chi connectivity index (χ1) is 25.2. The van der Waals surface area contributed by atoms with Crippen molar-refractivity contribution in [2.45, 2.75) is 50.0 Å². The lowest BCUT2D eigenvalue weighted by atomic mass is 9.67. The molecule has 0 saturated heterocycles. The third-order valence-corrected chi connectivity index (χ3v) is 11.5. The number of rotatable bonds is 4. The van der Waals surface area contributed by atoms with Crippen molar-refractivity contribution in [1.29, 1.82) is 5.26 Å². The van der Waals surface area contributed by atoms with Crippen molar-refractivity contribution in [3.63, 3.8) is 0 Å². The van der Waals surface area contributed by atoms with Gasteiger partial charge in [-0.3, -0.25) is 4.99 Å². The molecule has 1 unspecified atom stereocenters. The first kappa shape index (κ1) is 29.8. The summed E-state index contributed by atoms with van der Waals surface area (Å²) in [4.78, 5) is 10.7. The maximum Gasteiger partial charge on any atom is 0.155 e. The van der Waals surface area contributed by atoms with Crippen molar-refractivity contribution >= 4 is 33.5 Å². The summed E-state index contributed by atoms with van der Waals surface area (Å²) in [6.07, 6.45) is 6.58. The van der Waals surface area contributed by atoms with Crippen LogP contribution in [-0.4, -0.2) is 11.5 Å². The zero-order valence-corrected chi connectivity index (χ0v) is 28.3. The molecule has 10 rings (SSSR count). The SMILES string of the molecule is N#Cc1ccc2c(c1)C1(CCCCC1)c1cc(C3CC(c4ccc5c(c4)oc4ccccc45)=NC(c4ccc(-c5ccccc5)cc4)=N3)ccc1-2. The van der Waals surface area contributed by atoms with Gasteiger partial charge >= 0.3 is 0 Å². The number of amidine groups is 1. The van der Waals surface area contributed by atoms with Gasteiger partial charge in [-0.15, -0.1) is 0 Å². The van der Waals surface area contributed by atoms with Gasteiger partial charge in [-0.1, -0.05) is 122 Å². The Hall–Kier alpha value is -6.05. The van der Waals surface area contributed by atoms with E-state index in [2.05, 4.69) is 115 Å². The van der Waals surface area contributed by atoms with Crippen LogP contribution >= 0.6 is 0 Å². The molecule has 0 radical (unpaired) electrons. The summed E-state index contributed by atoms with van der Waals surface area (Å²) >= 11 is 0. The number of furan rings is 1. The number of benzene rings is 6. The van der Waals surface area contributed by atoms with Gasteiger partial charge < -0.3 is 4.42 Å². The summed E-state index contributed by atoms with van der Waals surface area (Å²) in [5, 5.41) is 12.1. The molecule has 4 nitrogen and oxygen atoms in total. The molecule has 0 N–H and O–H groups in total. The molecule has 4 heteroatoms. The average molecular weight is 658 g/mol. The van der Waals surface area contributed by atoms with Crippen molar-refractivity contribution in [1.82, 2.24) is 0 Å². The van der Waals surface area contributed by atoms with Crippen molar-refractivity contribution in [2.75, 3.05) is 0 Å². The van der Waals surface area contributed by atoms with Crippen LogP contribution in [0, 0.1) is 11.3 Å². The zero-order valence-electron chi connectivity index (χ0n) is 28.3. The third kappa shape index (κ3) is 4.88. The van der Waals surface area contributed by atoms with Crippen molar-refractivity contribution < 1.29 is 4.42 Å². The highest BCUT2D eigenvalue weighted by Gasteiger charge is 2.44. The van der Waals surface area contributed by atoms with E-state index in [4.69, 9.17) is 14.4 Å². The van der Waals surface area contributed by atoms with Crippen LogP contribution in [0.25, 0.3) is 44.2 Å². The van der Waals surface area contributed by atoms with E-state index in [1.807, 2.05) is 24.3 Å². The number of nitrogens with zero attached hydrogens (tertiary/aromatic N) is 3. The van der Waals surface area contributed by atoms with Gasteiger partial charge in [0.1, 0.15) is 11.2 Å². The fourth-order valence-electron chi connectivity index (χ4n) is 8.92. The molecule has 244 valence electrons. The molecule has 7 aromatic rings. The lowest BCUT2D eigenvalue weighted by molar-refractivity contribution is 0.352. The van der Waals surface area contributed by atoms with Crippen molar-refractivity contribution in [3.05, 3.63) is 167 Å². The molecular formula is C47H35N3O. The van der Waals surface area contributed by atoms with Crippen LogP contribution in [0.1, 0.15) is 77.9 Å². The van der Waals surface area contributed by atoms with E-state index in [-0.39, 0.29) is 11.5 Å². The molecule has 51 heavy (non-hydrogen) atoms. The zero-order chi connectivity index (χ0) is 33.9. The van der Waals surface area contributed by atoms with E-state index in [1.54, 1.807) is 0 Å². The van der Waals surface area contributed by atoms with Crippen LogP contribution in [0.5, 0.6) is 0 Å². The molecule has 0 amide bonds. The molecule has 0 bridgehead atoms. The van der Waals surface area contributed by atoms with Gasteiger partial charge in [0.15, 0.2) is 5.84 Å². The summed E-state index contributed by atoms with van der Waals surface area (Å²) < 4.78 is 6.32. The predicted molar refractivity (Wildman–Crippen MR) is 206 cm³/mol. The largest absolute Gasteiger partial charge is 0.456 e. The first-order valence-electron chi connectivity index (χ1n) is 18.1. The van der Waals surface area contributed by atoms with Crippen LogP contribution in [0.4, 0.5) is 0 Å². The highest BCUT2D eigenvalue weighted by molar-refractivity contribution is 6.16. The number of hydrogen-bond acceptors (Lipinski definition) is 4. The molecule has 6 aromatic carbocycles. The Kier molecular flexibility index (Phi) is 6.89. The standard InChI is InChI=1S/C47H35N3O/c48-29-30-13-20-36-37-21-18-34(26-41(37)47(40(36)25-30)23-7-2-8-24-47)42-28-43(35-19-22-39-38-11-5-6-12-44(38)51-45(39)27-35)50-46(49-42)33-16-14-32(15-17-33)31-9-3-1-4-10-31/h1,3-6,9-22,25-27,42H,2,7-8,23-24,28H2. The molecule has 3 aliphatic rings. The van der Waals surface area contributed by atoms with Crippen LogP contribution in [-0.2, 0) is 5.41 Å². The molecular weight excluding hydrogens is 623 g/mol. The molecule has 1 saturated carbocycles. The first-order valence-corrected chi connectivity index (χ1v) is 18.1. The lowest BCUT2D eigenvalue weighted by Crippen LogP contribution is -2.28. The second-order valence-electron chi connectivity index (χ2n) is 14.3. The minimum Gasteiger partial charge on any atom is -0.456 e. The lowest BCUT2D eigenvalue weighted by Gasteiger charge is -2.36.